The topological polar surface area (TPSA) is 50.2 Å². The maximum absolute atomic E-state index is 12.0. The standard InChI is InChI=1S/C18H23ClN4O/c1-14-2-3-16(19)10-17(14)23-8-4-15(12-23)11-21-18(24)5-7-22-9-6-20-13-22/h2-3,6,9-10,13,15H,4-5,7-8,11-12H2,1H3,(H,21,24)/t15-/m0/s1. The quantitative estimate of drug-likeness (QED) is 0.875. The Kier molecular flexibility index (Phi) is 5.41. The van der Waals surface area contributed by atoms with Crippen molar-refractivity contribution in [1.82, 2.24) is 14.9 Å². The number of nitrogens with zero attached hydrogens (tertiary/aromatic N) is 3. The number of hydrogen-bond donors (Lipinski definition) is 1. The highest BCUT2D eigenvalue weighted by Gasteiger charge is 2.24. The van der Waals surface area contributed by atoms with E-state index in [0.29, 0.717) is 18.9 Å². The first-order valence-corrected chi connectivity index (χ1v) is 8.73. The number of carbonyl (C=O) groups is 1. The molecule has 0 unspecified atom stereocenters. The number of aryl methyl sites for hydroxylation is 2. The van der Waals surface area contributed by atoms with Crippen molar-refractivity contribution in [3.05, 3.63) is 47.5 Å². The fraction of sp³-hybridized carbons (Fsp3) is 0.444. The van der Waals surface area contributed by atoms with Crippen LogP contribution in [0.4, 0.5) is 5.69 Å². The Morgan fingerprint density at radius 2 is 2.33 bits per heavy atom. The molecule has 1 N–H and O–H groups in total. The van der Waals surface area contributed by atoms with Gasteiger partial charge in [0, 0.05) is 55.7 Å². The van der Waals surface area contributed by atoms with E-state index in [2.05, 4.69) is 28.2 Å². The van der Waals surface area contributed by atoms with Gasteiger partial charge in [-0.15, -0.1) is 0 Å². The summed E-state index contributed by atoms with van der Waals surface area (Å²) in [5, 5.41) is 3.83. The number of rotatable bonds is 6. The number of halogens is 1. The summed E-state index contributed by atoms with van der Waals surface area (Å²) in [4.78, 5) is 18.3. The Morgan fingerprint density at radius 1 is 1.46 bits per heavy atom. The van der Waals surface area contributed by atoms with E-state index in [9.17, 15) is 4.79 Å². The Morgan fingerprint density at radius 3 is 3.12 bits per heavy atom. The average molecular weight is 347 g/mol. The van der Waals surface area contributed by atoms with Gasteiger partial charge in [-0.2, -0.15) is 0 Å². The van der Waals surface area contributed by atoms with E-state index in [1.165, 1.54) is 11.3 Å². The average Bonchev–Trinajstić information content (AvgIpc) is 3.24. The van der Waals surface area contributed by atoms with Crippen molar-refractivity contribution >= 4 is 23.2 Å². The third-order valence-corrected chi connectivity index (χ3v) is 4.78. The molecule has 0 bridgehead atoms. The molecule has 24 heavy (non-hydrogen) atoms. The van der Waals surface area contributed by atoms with Crippen LogP contribution in [-0.4, -0.2) is 35.1 Å². The van der Waals surface area contributed by atoms with E-state index in [1.807, 2.05) is 22.9 Å². The lowest BCUT2D eigenvalue weighted by Crippen LogP contribution is -2.31. The van der Waals surface area contributed by atoms with Crippen LogP contribution in [0.15, 0.2) is 36.9 Å². The van der Waals surface area contributed by atoms with Crippen LogP contribution in [0, 0.1) is 12.8 Å². The first-order chi connectivity index (χ1) is 11.6. The maximum Gasteiger partial charge on any atom is 0.221 e. The Bertz CT molecular complexity index is 686. The fourth-order valence-electron chi connectivity index (χ4n) is 3.14. The van der Waals surface area contributed by atoms with Crippen molar-refractivity contribution in [3.63, 3.8) is 0 Å². The molecule has 6 heteroatoms. The molecular formula is C18H23ClN4O. The monoisotopic (exact) mass is 346 g/mol. The van der Waals surface area contributed by atoms with Gasteiger partial charge in [0.2, 0.25) is 5.91 Å². The SMILES string of the molecule is Cc1ccc(Cl)cc1N1CC[C@@H](CNC(=O)CCn2ccnc2)C1. The zero-order chi connectivity index (χ0) is 16.9. The van der Waals surface area contributed by atoms with Gasteiger partial charge in [0.1, 0.15) is 0 Å². The number of carbonyl (C=O) groups excluding carboxylic acids is 1. The minimum Gasteiger partial charge on any atom is -0.371 e. The van der Waals surface area contributed by atoms with Crippen molar-refractivity contribution in [3.8, 4) is 0 Å². The summed E-state index contributed by atoms with van der Waals surface area (Å²) >= 11 is 6.12. The van der Waals surface area contributed by atoms with Crippen LogP contribution in [0.1, 0.15) is 18.4 Å². The van der Waals surface area contributed by atoms with Crippen molar-refractivity contribution in [2.75, 3.05) is 24.5 Å². The van der Waals surface area contributed by atoms with Crippen molar-refractivity contribution in [2.45, 2.75) is 26.3 Å². The van der Waals surface area contributed by atoms with Crippen LogP contribution >= 0.6 is 11.6 Å². The summed E-state index contributed by atoms with van der Waals surface area (Å²) in [5.41, 5.74) is 2.45. The number of nitrogens with one attached hydrogen (secondary N) is 1. The molecule has 1 aromatic heterocycles. The first kappa shape index (κ1) is 16.8. The lowest BCUT2D eigenvalue weighted by Gasteiger charge is -2.21. The van der Waals surface area contributed by atoms with Crippen LogP contribution in [0.3, 0.4) is 0 Å². The molecule has 2 heterocycles. The predicted molar refractivity (Wildman–Crippen MR) is 96.4 cm³/mol. The Hall–Kier alpha value is -2.01. The lowest BCUT2D eigenvalue weighted by atomic mass is 10.1. The van der Waals surface area contributed by atoms with Gasteiger partial charge in [-0.05, 0) is 37.0 Å². The minimum absolute atomic E-state index is 0.0982. The second-order valence-electron chi connectivity index (χ2n) is 6.39. The molecule has 1 aliphatic heterocycles. The van der Waals surface area contributed by atoms with Crippen molar-refractivity contribution in [2.24, 2.45) is 5.92 Å². The Labute approximate surface area is 147 Å². The first-order valence-electron chi connectivity index (χ1n) is 8.35. The van der Waals surface area contributed by atoms with Crippen molar-refractivity contribution in [1.29, 1.82) is 0 Å². The zero-order valence-corrected chi connectivity index (χ0v) is 14.7. The largest absolute Gasteiger partial charge is 0.371 e. The molecule has 1 fully saturated rings. The lowest BCUT2D eigenvalue weighted by molar-refractivity contribution is -0.121. The van der Waals surface area contributed by atoms with E-state index in [-0.39, 0.29) is 5.91 Å². The van der Waals surface area contributed by atoms with E-state index in [0.717, 1.165) is 31.1 Å². The Balaban J connectivity index is 1.44. The van der Waals surface area contributed by atoms with E-state index in [1.54, 1.807) is 12.5 Å². The summed E-state index contributed by atoms with van der Waals surface area (Å²) in [6.07, 6.45) is 6.90. The van der Waals surface area contributed by atoms with Gasteiger partial charge in [-0.25, -0.2) is 4.98 Å². The molecule has 2 aromatic rings. The van der Waals surface area contributed by atoms with E-state index in [4.69, 9.17) is 11.6 Å². The zero-order valence-electron chi connectivity index (χ0n) is 13.9. The molecule has 1 saturated heterocycles. The summed E-state index contributed by atoms with van der Waals surface area (Å²) in [6.45, 7) is 5.49. The molecule has 0 radical (unpaired) electrons. The molecule has 1 amide bonds. The molecule has 0 spiro atoms. The van der Waals surface area contributed by atoms with Gasteiger partial charge in [-0.3, -0.25) is 4.79 Å². The highest BCUT2D eigenvalue weighted by atomic mass is 35.5. The second kappa shape index (κ2) is 7.71. The minimum atomic E-state index is 0.0982. The molecule has 0 aliphatic carbocycles. The van der Waals surface area contributed by atoms with Crippen LogP contribution < -0.4 is 10.2 Å². The number of anilines is 1. The third-order valence-electron chi connectivity index (χ3n) is 4.54. The number of imidazole rings is 1. The number of hydrogen-bond acceptors (Lipinski definition) is 3. The van der Waals surface area contributed by atoms with Crippen LogP contribution in [0.2, 0.25) is 5.02 Å². The summed E-state index contributed by atoms with van der Waals surface area (Å²) < 4.78 is 1.92. The van der Waals surface area contributed by atoms with Gasteiger partial charge in [0.05, 0.1) is 6.33 Å². The van der Waals surface area contributed by atoms with Gasteiger partial charge in [0.15, 0.2) is 0 Å². The van der Waals surface area contributed by atoms with Crippen LogP contribution in [-0.2, 0) is 11.3 Å². The second-order valence-corrected chi connectivity index (χ2v) is 6.82. The molecular weight excluding hydrogens is 324 g/mol. The third kappa shape index (κ3) is 4.29. The molecule has 5 nitrogen and oxygen atoms in total. The summed E-state index contributed by atoms with van der Waals surface area (Å²) in [6, 6.07) is 6.01. The van der Waals surface area contributed by atoms with E-state index < -0.39 is 0 Å². The highest BCUT2D eigenvalue weighted by molar-refractivity contribution is 6.30. The molecule has 1 atom stereocenters. The number of benzene rings is 1. The molecule has 3 rings (SSSR count). The van der Waals surface area contributed by atoms with E-state index >= 15 is 0 Å². The van der Waals surface area contributed by atoms with Crippen molar-refractivity contribution < 1.29 is 4.79 Å². The fourth-order valence-corrected chi connectivity index (χ4v) is 3.30. The highest BCUT2D eigenvalue weighted by Crippen LogP contribution is 2.29. The van der Waals surface area contributed by atoms with Crippen LogP contribution in [0.25, 0.3) is 0 Å². The van der Waals surface area contributed by atoms with Gasteiger partial charge >= 0.3 is 0 Å². The summed E-state index contributed by atoms with van der Waals surface area (Å²) in [5.74, 6) is 0.585. The summed E-state index contributed by atoms with van der Waals surface area (Å²) in [7, 11) is 0. The van der Waals surface area contributed by atoms with Crippen LogP contribution in [0.5, 0.6) is 0 Å². The van der Waals surface area contributed by atoms with Gasteiger partial charge < -0.3 is 14.8 Å². The van der Waals surface area contributed by atoms with Gasteiger partial charge in [0.25, 0.3) is 0 Å². The molecule has 0 saturated carbocycles. The maximum atomic E-state index is 12.0. The van der Waals surface area contributed by atoms with Gasteiger partial charge in [-0.1, -0.05) is 17.7 Å². The molecule has 128 valence electrons. The number of aromatic nitrogens is 2. The normalized spacial score (nSPS) is 17.2. The smallest absolute Gasteiger partial charge is 0.221 e. The molecule has 1 aliphatic rings. The number of amides is 1. The predicted octanol–water partition coefficient (Wildman–Crippen LogP) is 2.88. The molecule has 1 aromatic carbocycles.